The second kappa shape index (κ2) is 4.13. The fourth-order valence-corrected chi connectivity index (χ4v) is 1.44. The zero-order valence-corrected chi connectivity index (χ0v) is 8.74. The van der Waals surface area contributed by atoms with Gasteiger partial charge in [0.15, 0.2) is 0 Å². The van der Waals surface area contributed by atoms with Crippen LogP contribution in [0.3, 0.4) is 0 Å². The minimum Gasteiger partial charge on any atom is -0.126 e. The summed E-state index contributed by atoms with van der Waals surface area (Å²) in [5.74, 6) is 0.696. The average molecular weight is 234 g/mol. The van der Waals surface area contributed by atoms with Crippen molar-refractivity contribution in [2.45, 2.75) is 13.3 Å². The molecule has 0 aliphatic heterocycles. The quantitative estimate of drug-likeness (QED) is 0.686. The number of aryl methyl sites for hydroxylation is 2. The SMILES string of the molecule is Cc1cc(CCCl)ccc1Br. The molecular weight excluding hydrogens is 223 g/mol. The molecule has 0 spiro atoms. The lowest BCUT2D eigenvalue weighted by Gasteiger charge is -2.01. The van der Waals surface area contributed by atoms with Crippen molar-refractivity contribution in [3.63, 3.8) is 0 Å². The van der Waals surface area contributed by atoms with Gasteiger partial charge in [0.05, 0.1) is 0 Å². The Morgan fingerprint density at radius 3 is 2.73 bits per heavy atom. The summed E-state index contributed by atoms with van der Waals surface area (Å²) in [6, 6.07) is 6.32. The number of halogens is 2. The first-order chi connectivity index (χ1) is 5.24. The zero-order chi connectivity index (χ0) is 8.27. The van der Waals surface area contributed by atoms with Gasteiger partial charge in [-0.05, 0) is 30.5 Å². The van der Waals surface area contributed by atoms with Crippen molar-refractivity contribution >= 4 is 27.5 Å². The minimum absolute atomic E-state index is 0.696. The molecule has 0 radical (unpaired) electrons. The number of rotatable bonds is 2. The van der Waals surface area contributed by atoms with E-state index in [4.69, 9.17) is 11.6 Å². The molecule has 60 valence electrons. The van der Waals surface area contributed by atoms with Gasteiger partial charge in [-0.25, -0.2) is 0 Å². The van der Waals surface area contributed by atoms with Gasteiger partial charge in [-0.1, -0.05) is 28.1 Å². The topological polar surface area (TPSA) is 0 Å². The molecule has 0 N–H and O–H groups in total. The number of alkyl halides is 1. The molecule has 0 bridgehead atoms. The third-order valence-electron chi connectivity index (χ3n) is 1.61. The molecule has 0 nitrogen and oxygen atoms in total. The molecule has 0 aliphatic rings. The lowest BCUT2D eigenvalue weighted by molar-refractivity contribution is 1.14. The van der Waals surface area contributed by atoms with Crippen molar-refractivity contribution in [1.29, 1.82) is 0 Å². The van der Waals surface area contributed by atoms with Gasteiger partial charge in [-0.2, -0.15) is 0 Å². The highest BCUT2D eigenvalue weighted by molar-refractivity contribution is 9.10. The molecule has 0 aromatic heterocycles. The first kappa shape index (κ1) is 9.08. The molecular formula is C9H10BrCl. The highest BCUT2D eigenvalue weighted by Gasteiger charge is 1.95. The average Bonchev–Trinajstić information content (AvgIpc) is 1.98. The lowest BCUT2D eigenvalue weighted by atomic mass is 10.1. The lowest BCUT2D eigenvalue weighted by Crippen LogP contribution is -1.86. The summed E-state index contributed by atoms with van der Waals surface area (Å²) in [5.41, 5.74) is 2.58. The van der Waals surface area contributed by atoms with Crippen molar-refractivity contribution in [1.82, 2.24) is 0 Å². The molecule has 0 aliphatic carbocycles. The highest BCUT2D eigenvalue weighted by Crippen LogP contribution is 2.17. The Bertz CT molecular complexity index is 245. The summed E-state index contributed by atoms with van der Waals surface area (Å²) in [6.45, 7) is 2.09. The summed E-state index contributed by atoms with van der Waals surface area (Å²) in [6.07, 6.45) is 0.954. The van der Waals surface area contributed by atoms with Gasteiger partial charge in [-0.3, -0.25) is 0 Å². The number of hydrogen-bond acceptors (Lipinski definition) is 0. The Balaban J connectivity index is 2.86. The van der Waals surface area contributed by atoms with Crippen LogP contribution in [0.15, 0.2) is 22.7 Å². The molecule has 2 heteroatoms. The summed E-state index contributed by atoms with van der Waals surface area (Å²) in [5, 5.41) is 0. The van der Waals surface area contributed by atoms with Gasteiger partial charge in [0.1, 0.15) is 0 Å². The van der Waals surface area contributed by atoms with Gasteiger partial charge in [0.2, 0.25) is 0 Å². The first-order valence-electron chi connectivity index (χ1n) is 3.55. The maximum atomic E-state index is 5.62. The van der Waals surface area contributed by atoms with Crippen LogP contribution in [0.4, 0.5) is 0 Å². The van der Waals surface area contributed by atoms with Crippen LogP contribution in [0.5, 0.6) is 0 Å². The largest absolute Gasteiger partial charge is 0.126 e. The van der Waals surface area contributed by atoms with Crippen LogP contribution >= 0.6 is 27.5 Å². The Hall–Kier alpha value is -0.0100. The second-order valence-electron chi connectivity index (χ2n) is 2.52. The Kier molecular flexibility index (Phi) is 3.41. The summed E-state index contributed by atoms with van der Waals surface area (Å²) >= 11 is 9.06. The fraction of sp³-hybridized carbons (Fsp3) is 0.333. The highest BCUT2D eigenvalue weighted by atomic mass is 79.9. The summed E-state index contributed by atoms with van der Waals surface area (Å²) in [7, 11) is 0. The van der Waals surface area contributed by atoms with E-state index >= 15 is 0 Å². The van der Waals surface area contributed by atoms with Crippen molar-refractivity contribution < 1.29 is 0 Å². The normalized spacial score (nSPS) is 10.1. The summed E-state index contributed by atoms with van der Waals surface area (Å²) in [4.78, 5) is 0. The van der Waals surface area contributed by atoms with E-state index in [1.807, 2.05) is 0 Å². The minimum atomic E-state index is 0.696. The van der Waals surface area contributed by atoms with Crippen molar-refractivity contribution in [3.8, 4) is 0 Å². The van der Waals surface area contributed by atoms with E-state index in [9.17, 15) is 0 Å². The van der Waals surface area contributed by atoms with Crippen LogP contribution in [-0.2, 0) is 6.42 Å². The molecule has 0 saturated heterocycles. The van der Waals surface area contributed by atoms with E-state index < -0.39 is 0 Å². The van der Waals surface area contributed by atoms with Crippen LogP contribution in [0.2, 0.25) is 0 Å². The van der Waals surface area contributed by atoms with E-state index in [0.29, 0.717) is 5.88 Å². The van der Waals surface area contributed by atoms with E-state index in [2.05, 4.69) is 41.1 Å². The van der Waals surface area contributed by atoms with Gasteiger partial charge >= 0.3 is 0 Å². The summed E-state index contributed by atoms with van der Waals surface area (Å²) < 4.78 is 1.16. The van der Waals surface area contributed by atoms with E-state index in [1.54, 1.807) is 0 Å². The molecule has 0 amide bonds. The molecule has 1 rings (SSSR count). The third-order valence-corrected chi connectivity index (χ3v) is 2.68. The smallest absolute Gasteiger partial charge is 0.0263 e. The van der Waals surface area contributed by atoms with Crippen LogP contribution in [0.1, 0.15) is 11.1 Å². The van der Waals surface area contributed by atoms with Gasteiger partial charge in [0, 0.05) is 10.4 Å². The molecule has 0 saturated carbocycles. The van der Waals surface area contributed by atoms with Crippen LogP contribution in [0.25, 0.3) is 0 Å². The fourth-order valence-electron chi connectivity index (χ4n) is 0.971. The Morgan fingerprint density at radius 1 is 1.45 bits per heavy atom. The maximum Gasteiger partial charge on any atom is 0.0263 e. The molecule has 0 fully saturated rings. The predicted molar refractivity (Wildman–Crippen MR) is 53.3 cm³/mol. The number of hydrogen-bond donors (Lipinski definition) is 0. The third kappa shape index (κ3) is 2.49. The molecule has 0 heterocycles. The van der Waals surface area contributed by atoms with Crippen molar-refractivity contribution in [3.05, 3.63) is 33.8 Å². The monoisotopic (exact) mass is 232 g/mol. The standard InChI is InChI=1S/C9H10BrCl/c1-7-6-8(4-5-11)2-3-9(7)10/h2-3,6H,4-5H2,1H3. The van der Waals surface area contributed by atoms with Gasteiger partial charge in [-0.15, -0.1) is 11.6 Å². The predicted octanol–water partition coefficient (Wildman–Crippen LogP) is 3.54. The molecule has 11 heavy (non-hydrogen) atoms. The van der Waals surface area contributed by atoms with Crippen LogP contribution < -0.4 is 0 Å². The van der Waals surface area contributed by atoms with Gasteiger partial charge < -0.3 is 0 Å². The molecule has 0 unspecified atom stereocenters. The zero-order valence-electron chi connectivity index (χ0n) is 6.40. The Labute approximate surface area is 80.7 Å². The second-order valence-corrected chi connectivity index (χ2v) is 3.75. The molecule has 1 aromatic rings. The van der Waals surface area contributed by atoms with Gasteiger partial charge in [0.25, 0.3) is 0 Å². The maximum absolute atomic E-state index is 5.62. The van der Waals surface area contributed by atoms with E-state index in [0.717, 1.165) is 10.9 Å². The van der Waals surface area contributed by atoms with E-state index in [-0.39, 0.29) is 0 Å². The Morgan fingerprint density at radius 2 is 2.18 bits per heavy atom. The molecule has 0 atom stereocenters. The van der Waals surface area contributed by atoms with Crippen molar-refractivity contribution in [2.24, 2.45) is 0 Å². The van der Waals surface area contributed by atoms with Crippen LogP contribution in [0, 0.1) is 6.92 Å². The van der Waals surface area contributed by atoms with E-state index in [1.165, 1.54) is 11.1 Å². The first-order valence-corrected chi connectivity index (χ1v) is 4.88. The van der Waals surface area contributed by atoms with Crippen LogP contribution in [-0.4, -0.2) is 5.88 Å². The van der Waals surface area contributed by atoms with Crippen molar-refractivity contribution in [2.75, 3.05) is 5.88 Å². The molecule has 1 aromatic carbocycles. The number of benzene rings is 1.